The van der Waals surface area contributed by atoms with Crippen LogP contribution < -0.4 is 5.14 Å². The van der Waals surface area contributed by atoms with E-state index < -0.39 is 10.0 Å². The van der Waals surface area contributed by atoms with Gasteiger partial charge in [-0.3, -0.25) is 4.79 Å². The van der Waals surface area contributed by atoms with Crippen LogP contribution in [0.2, 0.25) is 5.02 Å². The summed E-state index contributed by atoms with van der Waals surface area (Å²) >= 11 is 6.01. The molecule has 0 spiro atoms. The molecule has 1 unspecified atom stereocenters. The Labute approximate surface area is 124 Å². The highest BCUT2D eigenvalue weighted by molar-refractivity contribution is 7.89. The van der Waals surface area contributed by atoms with Crippen molar-refractivity contribution in [2.24, 2.45) is 5.14 Å². The summed E-state index contributed by atoms with van der Waals surface area (Å²) in [7, 11) is -3.86. The number of halogens is 1. The molecule has 0 saturated carbocycles. The Morgan fingerprint density at radius 3 is 2.45 bits per heavy atom. The summed E-state index contributed by atoms with van der Waals surface area (Å²) < 4.78 is 22.7. The predicted octanol–water partition coefficient (Wildman–Crippen LogP) is 2.25. The van der Waals surface area contributed by atoms with Crippen LogP contribution in [0.15, 0.2) is 23.1 Å². The van der Waals surface area contributed by atoms with E-state index in [1.54, 1.807) is 4.90 Å². The number of sulfonamides is 1. The summed E-state index contributed by atoms with van der Waals surface area (Å²) in [5.41, 5.74) is 0.153. The Morgan fingerprint density at radius 2 is 2.00 bits per heavy atom. The Hall–Kier alpha value is -1.11. The molecule has 0 heterocycles. The van der Waals surface area contributed by atoms with E-state index in [4.69, 9.17) is 16.7 Å². The molecular formula is C13H19ClN2O3S. The van der Waals surface area contributed by atoms with Gasteiger partial charge >= 0.3 is 0 Å². The maximum atomic E-state index is 12.5. The number of rotatable bonds is 5. The second-order valence-electron chi connectivity index (χ2n) is 4.54. The fourth-order valence-electron chi connectivity index (χ4n) is 1.88. The molecule has 0 aliphatic rings. The molecule has 5 nitrogen and oxygen atoms in total. The van der Waals surface area contributed by atoms with E-state index in [-0.39, 0.29) is 27.4 Å². The van der Waals surface area contributed by atoms with Crippen molar-refractivity contribution in [2.75, 3.05) is 6.54 Å². The largest absolute Gasteiger partial charge is 0.336 e. The van der Waals surface area contributed by atoms with Gasteiger partial charge in [-0.15, -0.1) is 0 Å². The van der Waals surface area contributed by atoms with E-state index in [1.807, 2.05) is 20.8 Å². The molecule has 0 fully saturated rings. The number of hydrogen-bond acceptors (Lipinski definition) is 3. The van der Waals surface area contributed by atoms with Gasteiger partial charge in [0.05, 0.1) is 15.5 Å². The van der Waals surface area contributed by atoms with Crippen molar-refractivity contribution in [2.45, 2.75) is 38.1 Å². The van der Waals surface area contributed by atoms with Crippen molar-refractivity contribution in [3.8, 4) is 0 Å². The molecule has 1 rings (SSSR count). The van der Waals surface area contributed by atoms with E-state index in [0.29, 0.717) is 6.54 Å². The smallest absolute Gasteiger partial charge is 0.255 e. The SMILES string of the molecule is CCC(C)N(CC)C(=O)c1cc(S(N)(=O)=O)ccc1Cl. The van der Waals surface area contributed by atoms with Crippen LogP contribution in [0.1, 0.15) is 37.6 Å². The molecule has 1 amide bonds. The molecule has 1 aromatic carbocycles. The number of amides is 1. The summed E-state index contributed by atoms with van der Waals surface area (Å²) in [6.07, 6.45) is 0.798. The first-order valence-corrected chi connectivity index (χ1v) is 8.28. The minimum absolute atomic E-state index is 0.0432. The first-order chi connectivity index (χ1) is 9.22. The molecule has 112 valence electrons. The number of nitrogens with zero attached hydrogens (tertiary/aromatic N) is 1. The Morgan fingerprint density at radius 1 is 1.40 bits per heavy atom. The van der Waals surface area contributed by atoms with Crippen LogP contribution in [0, 0.1) is 0 Å². The lowest BCUT2D eigenvalue weighted by Crippen LogP contribution is -2.38. The number of hydrogen-bond donors (Lipinski definition) is 1. The van der Waals surface area contributed by atoms with Crippen LogP contribution in [0.3, 0.4) is 0 Å². The first kappa shape index (κ1) is 16.9. The van der Waals surface area contributed by atoms with E-state index in [0.717, 1.165) is 6.42 Å². The molecule has 7 heteroatoms. The maximum absolute atomic E-state index is 12.5. The van der Waals surface area contributed by atoms with Crippen LogP contribution in [0.5, 0.6) is 0 Å². The van der Waals surface area contributed by atoms with Crippen molar-refractivity contribution in [1.82, 2.24) is 4.90 Å². The van der Waals surface area contributed by atoms with Crippen LogP contribution in [-0.2, 0) is 10.0 Å². The van der Waals surface area contributed by atoms with Gasteiger partial charge in [-0.1, -0.05) is 18.5 Å². The van der Waals surface area contributed by atoms with Gasteiger partial charge in [0.1, 0.15) is 0 Å². The van der Waals surface area contributed by atoms with Crippen molar-refractivity contribution < 1.29 is 13.2 Å². The zero-order valence-corrected chi connectivity index (χ0v) is 13.3. The Kier molecular flexibility index (Phi) is 5.56. The number of primary sulfonamides is 1. The molecule has 1 atom stereocenters. The Balaban J connectivity index is 3.28. The third kappa shape index (κ3) is 3.71. The Bertz CT molecular complexity index is 602. The van der Waals surface area contributed by atoms with Crippen molar-refractivity contribution in [3.05, 3.63) is 28.8 Å². The lowest BCUT2D eigenvalue weighted by atomic mass is 10.1. The van der Waals surface area contributed by atoms with Crippen molar-refractivity contribution >= 4 is 27.5 Å². The van der Waals surface area contributed by atoms with Gasteiger partial charge in [-0.2, -0.15) is 0 Å². The second kappa shape index (κ2) is 6.56. The molecular weight excluding hydrogens is 300 g/mol. The van der Waals surface area contributed by atoms with Crippen LogP contribution in [0.25, 0.3) is 0 Å². The minimum Gasteiger partial charge on any atom is -0.336 e. The third-order valence-corrected chi connectivity index (χ3v) is 4.46. The number of benzene rings is 1. The van der Waals surface area contributed by atoms with Gasteiger partial charge in [0, 0.05) is 12.6 Å². The zero-order valence-electron chi connectivity index (χ0n) is 11.8. The van der Waals surface area contributed by atoms with Crippen LogP contribution in [-0.4, -0.2) is 31.8 Å². The van der Waals surface area contributed by atoms with Gasteiger partial charge < -0.3 is 4.90 Å². The molecule has 0 saturated heterocycles. The average molecular weight is 319 g/mol. The van der Waals surface area contributed by atoms with E-state index in [2.05, 4.69) is 0 Å². The fraction of sp³-hybridized carbons (Fsp3) is 0.462. The summed E-state index contributed by atoms with van der Waals surface area (Å²) in [5, 5.41) is 5.29. The zero-order chi connectivity index (χ0) is 15.5. The molecule has 0 bridgehead atoms. The van der Waals surface area contributed by atoms with Crippen LogP contribution >= 0.6 is 11.6 Å². The molecule has 0 aliphatic heterocycles. The summed E-state index contributed by atoms with van der Waals surface area (Å²) in [4.78, 5) is 14.0. The fourth-order valence-corrected chi connectivity index (χ4v) is 2.61. The molecule has 0 radical (unpaired) electrons. The lowest BCUT2D eigenvalue weighted by Gasteiger charge is -2.27. The maximum Gasteiger partial charge on any atom is 0.255 e. The molecule has 2 N–H and O–H groups in total. The highest BCUT2D eigenvalue weighted by atomic mass is 35.5. The summed E-state index contributed by atoms with van der Waals surface area (Å²) in [5.74, 6) is -0.294. The minimum atomic E-state index is -3.86. The van der Waals surface area contributed by atoms with Crippen LogP contribution in [0.4, 0.5) is 0 Å². The topological polar surface area (TPSA) is 80.5 Å². The summed E-state index contributed by atoms with van der Waals surface area (Å²) in [6, 6.07) is 3.93. The van der Waals surface area contributed by atoms with E-state index in [1.165, 1.54) is 18.2 Å². The molecule has 20 heavy (non-hydrogen) atoms. The predicted molar refractivity (Wildman–Crippen MR) is 79.3 cm³/mol. The summed E-state index contributed by atoms with van der Waals surface area (Å²) in [6.45, 7) is 6.28. The number of carbonyl (C=O) groups is 1. The van der Waals surface area contributed by atoms with Gasteiger partial charge in [0.15, 0.2) is 0 Å². The second-order valence-corrected chi connectivity index (χ2v) is 6.50. The van der Waals surface area contributed by atoms with Crippen molar-refractivity contribution in [3.63, 3.8) is 0 Å². The third-order valence-electron chi connectivity index (χ3n) is 3.22. The van der Waals surface area contributed by atoms with E-state index in [9.17, 15) is 13.2 Å². The molecule has 0 aromatic heterocycles. The monoisotopic (exact) mass is 318 g/mol. The molecule has 0 aliphatic carbocycles. The quantitative estimate of drug-likeness (QED) is 0.904. The van der Waals surface area contributed by atoms with Crippen molar-refractivity contribution in [1.29, 1.82) is 0 Å². The standard InChI is InChI=1S/C13H19ClN2O3S/c1-4-9(3)16(5-2)13(17)11-8-10(20(15,18)19)6-7-12(11)14/h6-9H,4-5H2,1-3H3,(H2,15,18,19). The van der Waals surface area contributed by atoms with Gasteiger partial charge in [-0.25, -0.2) is 13.6 Å². The van der Waals surface area contributed by atoms with Gasteiger partial charge in [0.2, 0.25) is 10.0 Å². The van der Waals surface area contributed by atoms with Gasteiger partial charge in [0.25, 0.3) is 5.91 Å². The highest BCUT2D eigenvalue weighted by Crippen LogP contribution is 2.22. The lowest BCUT2D eigenvalue weighted by molar-refractivity contribution is 0.0700. The average Bonchev–Trinajstić information content (AvgIpc) is 2.38. The number of carbonyl (C=O) groups excluding carboxylic acids is 1. The number of nitrogens with two attached hydrogens (primary N) is 1. The normalized spacial score (nSPS) is 13.1. The molecule has 1 aromatic rings. The van der Waals surface area contributed by atoms with E-state index >= 15 is 0 Å². The highest BCUT2D eigenvalue weighted by Gasteiger charge is 2.22. The first-order valence-electron chi connectivity index (χ1n) is 6.35. The van der Waals surface area contributed by atoms with Gasteiger partial charge in [-0.05, 0) is 38.5 Å².